The van der Waals surface area contributed by atoms with Gasteiger partial charge < -0.3 is 5.11 Å². The van der Waals surface area contributed by atoms with Gasteiger partial charge in [0.2, 0.25) is 0 Å². The van der Waals surface area contributed by atoms with E-state index in [1.165, 1.54) is 5.57 Å². The molecule has 0 fully saturated rings. The first-order chi connectivity index (χ1) is 6.49. The van der Waals surface area contributed by atoms with Crippen LogP contribution in [0.1, 0.15) is 34.1 Å². The first kappa shape index (κ1) is 11.3. The van der Waals surface area contributed by atoms with Crippen molar-refractivity contribution >= 4 is 0 Å². The third-order valence-corrected chi connectivity index (χ3v) is 2.82. The zero-order valence-electron chi connectivity index (χ0n) is 9.54. The van der Waals surface area contributed by atoms with Crippen molar-refractivity contribution in [2.75, 3.05) is 0 Å². The molecule has 1 aliphatic rings. The second-order valence-corrected chi connectivity index (χ2v) is 4.56. The van der Waals surface area contributed by atoms with Gasteiger partial charge in [0.15, 0.2) is 0 Å². The van der Waals surface area contributed by atoms with Crippen LogP contribution in [-0.4, -0.2) is 11.2 Å². The Bertz CT molecular complexity index is 292. The highest BCUT2D eigenvalue weighted by atomic mass is 16.3. The van der Waals surface area contributed by atoms with Gasteiger partial charge in [-0.15, -0.1) is 0 Å². The number of hydrogen-bond donors (Lipinski definition) is 1. The highest BCUT2D eigenvalue weighted by Crippen LogP contribution is 2.38. The largest absolute Gasteiger partial charge is 0.385 e. The topological polar surface area (TPSA) is 20.2 Å². The van der Waals surface area contributed by atoms with E-state index in [0.717, 1.165) is 12.0 Å². The Morgan fingerprint density at radius 1 is 1.50 bits per heavy atom. The second kappa shape index (κ2) is 4.14. The van der Waals surface area contributed by atoms with Gasteiger partial charge in [-0.05, 0) is 36.8 Å². The molecule has 0 amide bonds. The Kier molecular flexibility index (Phi) is 3.33. The van der Waals surface area contributed by atoms with Gasteiger partial charge in [-0.25, -0.2) is 0 Å². The summed E-state index contributed by atoms with van der Waals surface area (Å²) in [5, 5.41) is 10.0. The molecule has 0 aromatic carbocycles. The Labute approximate surface area is 86.8 Å². The van der Waals surface area contributed by atoms with E-state index in [1.807, 2.05) is 19.1 Å². The fourth-order valence-corrected chi connectivity index (χ4v) is 2.18. The maximum Gasteiger partial charge on any atom is 0.0942 e. The average molecular weight is 192 g/mol. The molecule has 1 aliphatic carbocycles. The summed E-state index contributed by atoms with van der Waals surface area (Å²) in [6.45, 7) is 8.37. The monoisotopic (exact) mass is 192 g/mol. The first-order valence-corrected chi connectivity index (χ1v) is 5.17. The van der Waals surface area contributed by atoms with Crippen molar-refractivity contribution in [3.8, 4) is 0 Å². The molecule has 1 atom stereocenters. The molecule has 0 aliphatic heterocycles. The molecule has 14 heavy (non-hydrogen) atoms. The summed E-state index contributed by atoms with van der Waals surface area (Å²) >= 11 is 0. The molecule has 1 heteroatoms. The fraction of sp³-hybridized carbons (Fsp3) is 0.538. The molecule has 1 unspecified atom stereocenters. The van der Waals surface area contributed by atoms with Gasteiger partial charge in [0.1, 0.15) is 0 Å². The molecule has 0 heterocycles. The van der Waals surface area contributed by atoms with Gasteiger partial charge in [0.25, 0.3) is 0 Å². The normalized spacial score (nSPS) is 23.2. The third-order valence-electron chi connectivity index (χ3n) is 2.82. The number of aliphatic hydroxyl groups excluding tert-OH is 1. The molecule has 1 rings (SSSR count). The predicted octanol–water partition coefficient (Wildman–Crippen LogP) is 3.23. The quantitative estimate of drug-likeness (QED) is 0.666. The molecule has 0 aromatic rings. The van der Waals surface area contributed by atoms with Crippen LogP contribution in [0, 0.1) is 5.41 Å². The maximum atomic E-state index is 10.0. The molecule has 0 bridgehead atoms. The number of aliphatic hydroxyl groups is 1. The van der Waals surface area contributed by atoms with Crippen molar-refractivity contribution in [3.63, 3.8) is 0 Å². The van der Waals surface area contributed by atoms with Crippen molar-refractivity contribution in [1.82, 2.24) is 0 Å². The lowest BCUT2D eigenvalue weighted by molar-refractivity contribution is 0.220. The van der Waals surface area contributed by atoms with E-state index >= 15 is 0 Å². The number of hydrogen-bond acceptors (Lipinski definition) is 1. The SMILES string of the molecule is C/C=C\C(O)C1=C(C)C=CCC1(C)C. The van der Waals surface area contributed by atoms with E-state index in [9.17, 15) is 5.11 Å². The summed E-state index contributed by atoms with van der Waals surface area (Å²) in [7, 11) is 0. The van der Waals surface area contributed by atoms with Crippen molar-refractivity contribution in [2.45, 2.75) is 40.2 Å². The lowest BCUT2D eigenvalue weighted by atomic mass is 9.73. The third kappa shape index (κ3) is 2.16. The van der Waals surface area contributed by atoms with Crippen LogP contribution in [0.4, 0.5) is 0 Å². The molecule has 0 saturated heterocycles. The fourth-order valence-electron chi connectivity index (χ4n) is 2.18. The summed E-state index contributed by atoms with van der Waals surface area (Å²) in [5.74, 6) is 0. The Balaban J connectivity index is 3.07. The molecule has 78 valence electrons. The van der Waals surface area contributed by atoms with Crippen LogP contribution in [0.2, 0.25) is 0 Å². The van der Waals surface area contributed by atoms with Crippen LogP contribution in [0.5, 0.6) is 0 Å². The van der Waals surface area contributed by atoms with Crippen molar-refractivity contribution in [2.24, 2.45) is 5.41 Å². The summed E-state index contributed by atoms with van der Waals surface area (Å²) in [4.78, 5) is 0. The molecule has 0 aromatic heterocycles. The van der Waals surface area contributed by atoms with Crippen LogP contribution >= 0.6 is 0 Å². The zero-order valence-corrected chi connectivity index (χ0v) is 9.54. The zero-order chi connectivity index (χ0) is 10.8. The van der Waals surface area contributed by atoms with Crippen molar-refractivity contribution in [3.05, 3.63) is 35.5 Å². The Hall–Kier alpha value is -0.820. The van der Waals surface area contributed by atoms with E-state index in [1.54, 1.807) is 0 Å². The molecule has 1 nitrogen and oxygen atoms in total. The summed E-state index contributed by atoms with van der Waals surface area (Å²) in [6.07, 6.45) is 8.61. The minimum Gasteiger partial charge on any atom is -0.385 e. The molecule has 0 radical (unpaired) electrons. The average Bonchev–Trinajstić information content (AvgIpc) is 2.02. The number of allylic oxidation sites excluding steroid dienone is 4. The van der Waals surface area contributed by atoms with E-state index in [2.05, 4.69) is 32.9 Å². The summed E-state index contributed by atoms with van der Waals surface area (Å²) < 4.78 is 0. The number of rotatable bonds is 2. The maximum absolute atomic E-state index is 10.0. The van der Waals surface area contributed by atoms with Crippen LogP contribution in [0.25, 0.3) is 0 Å². The van der Waals surface area contributed by atoms with Crippen LogP contribution in [-0.2, 0) is 0 Å². The lowest BCUT2D eigenvalue weighted by Gasteiger charge is -2.33. The van der Waals surface area contributed by atoms with Gasteiger partial charge in [-0.1, -0.05) is 38.2 Å². The molecular weight excluding hydrogens is 172 g/mol. The summed E-state index contributed by atoms with van der Waals surface area (Å²) in [5.41, 5.74) is 2.43. The Morgan fingerprint density at radius 2 is 2.14 bits per heavy atom. The highest BCUT2D eigenvalue weighted by Gasteiger charge is 2.29. The molecular formula is C13H20O. The minimum atomic E-state index is -0.431. The lowest BCUT2D eigenvalue weighted by Crippen LogP contribution is -2.26. The predicted molar refractivity (Wildman–Crippen MR) is 61.1 cm³/mol. The van der Waals surface area contributed by atoms with Gasteiger partial charge >= 0.3 is 0 Å². The second-order valence-electron chi connectivity index (χ2n) is 4.56. The van der Waals surface area contributed by atoms with E-state index in [4.69, 9.17) is 0 Å². The standard InChI is InChI=1S/C13H20O/c1-5-7-11(14)12-10(2)8-6-9-13(12,3)4/h5-8,11,14H,9H2,1-4H3/b7-5-. The van der Waals surface area contributed by atoms with Gasteiger partial charge in [0.05, 0.1) is 6.10 Å². The van der Waals surface area contributed by atoms with Gasteiger partial charge in [0, 0.05) is 0 Å². The molecule has 0 spiro atoms. The van der Waals surface area contributed by atoms with E-state index in [0.29, 0.717) is 0 Å². The van der Waals surface area contributed by atoms with E-state index < -0.39 is 6.10 Å². The van der Waals surface area contributed by atoms with Crippen LogP contribution in [0.15, 0.2) is 35.5 Å². The first-order valence-electron chi connectivity index (χ1n) is 5.17. The Morgan fingerprint density at radius 3 is 2.64 bits per heavy atom. The highest BCUT2D eigenvalue weighted by molar-refractivity contribution is 5.37. The smallest absolute Gasteiger partial charge is 0.0942 e. The van der Waals surface area contributed by atoms with Crippen molar-refractivity contribution < 1.29 is 5.11 Å². The van der Waals surface area contributed by atoms with Crippen molar-refractivity contribution in [1.29, 1.82) is 0 Å². The minimum absolute atomic E-state index is 0.0811. The molecule has 0 saturated carbocycles. The summed E-state index contributed by atoms with van der Waals surface area (Å²) in [6, 6.07) is 0. The van der Waals surface area contributed by atoms with E-state index in [-0.39, 0.29) is 5.41 Å². The van der Waals surface area contributed by atoms with Crippen LogP contribution < -0.4 is 0 Å². The molecule has 1 N–H and O–H groups in total. The van der Waals surface area contributed by atoms with Gasteiger partial charge in [-0.2, -0.15) is 0 Å². The van der Waals surface area contributed by atoms with Gasteiger partial charge in [-0.3, -0.25) is 0 Å². The van der Waals surface area contributed by atoms with Crippen LogP contribution in [0.3, 0.4) is 0 Å².